The van der Waals surface area contributed by atoms with Crippen molar-refractivity contribution < 1.29 is 0 Å². The Labute approximate surface area is 107 Å². The molecule has 102 valence electrons. The highest BCUT2D eigenvalue weighted by Gasteiger charge is 2.36. The first-order valence-corrected chi connectivity index (χ1v) is 6.97. The molecule has 2 N–H and O–H groups in total. The van der Waals surface area contributed by atoms with Crippen molar-refractivity contribution in [3.8, 4) is 0 Å². The molecular weight excluding hydrogens is 210 g/mol. The van der Waals surface area contributed by atoms with Crippen molar-refractivity contribution in [2.75, 3.05) is 26.7 Å². The van der Waals surface area contributed by atoms with Gasteiger partial charge in [0.2, 0.25) is 0 Å². The van der Waals surface area contributed by atoms with Gasteiger partial charge in [0.05, 0.1) is 0 Å². The number of rotatable bonds is 3. The van der Waals surface area contributed by atoms with Crippen LogP contribution in [0.3, 0.4) is 0 Å². The molecule has 1 heterocycles. The number of hydrogen-bond donors (Lipinski definition) is 1. The van der Waals surface area contributed by atoms with Gasteiger partial charge in [0.1, 0.15) is 0 Å². The van der Waals surface area contributed by atoms with E-state index >= 15 is 0 Å². The van der Waals surface area contributed by atoms with E-state index in [0.29, 0.717) is 12.1 Å². The molecule has 0 aromatic carbocycles. The molecule has 1 aliphatic rings. The fourth-order valence-corrected chi connectivity index (χ4v) is 3.01. The van der Waals surface area contributed by atoms with E-state index in [2.05, 4.69) is 51.5 Å². The molecule has 3 heteroatoms. The number of piperazine rings is 1. The third-order valence-electron chi connectivity index (χ3n) is 4.15. The topological polar surface area (TPSA) is 32.5 Å². The lowest BCUT2D eigenvalue weighted by Gasteiger charge is -2.48. The van der Waals surface area contributed by atoms with Gasteiger partial charge in [0, 0.05) is 37.8 Å². The fourth-order valence-electron chi connectivity index (χ4n) is 3.01. The molecule has 1 saturated heterocycles. The van der Waals surface area contributed by atoms with Gasteiger partial charge >= 0.3 is 0 Å². The fraction of sp³-hybridized carbons (Fsp3) is 1.00. The molecule has 0 amide bonds. The molecule has 3 atom stereocenters. The van der Waals surface area contributed by atoms with Crippen LogP contribution in [0.2, 0.25) is 0 Å². The van der Waals surface area contributed by atoms with Crippen molar-refractivity contribution in [2.45, 2.75) is 59.2 Å². The second-order valence-corrected chi connectivity index (χ2v) is 6.71. The lowest BCUT2D eigenvalue weighted by molar-refractivity contribution is 0.0155. The van der Waals surface area contributed by atoms with E-state index in [1.54, 1.807) is 0 Å². The predicted molar refractivity (Wildman–Crippen MR) is 75.2 cm³/mol. The Bertz CT molecular complexity index is 234. The minimum Gasteiger partial charge on any atom is -0.326 e. The minimum atomic E-state index is 0.255. The summed E-state index contributed by atoms with van der Waals surface area (Å²) in [5, 5.41) is 0. The van der Waals surface area contributed by atoms with Crippen LogP contribution in [-0.2, 0) is 0 Å². The summed E-state index contributed by atoms with van der Waals surface area (Å²) in [5.74, 6) is 0. The van der Waals surface area contributed by atoms with E-state index in [-0.39, 0.29) is 11.5 Å². The molecule has 0 aromatic heterocycles. The molecular formula is C14H31N3. The monoisotopic (exact) mass is 241 g/mol. The van der Waals surface area contributed by atoms with Gasteiger partial charge in [0.25, 0.3) is 0 Å². The maximum absolute atomic E-state index is 6.36. The van der Waals surface area contributed by atoms with Gasteiger partial charge in [-0.3, -0.25) is 4.90 Å². The Morgan fingerprint density at radius 1 is 1.29 bits per heavy atom. The lowest BCUT2D eigenvalue weighted by Crippen LogP contribution is -2.61. The first-order valence-electron chi connectivity index (χ1n) is 6.97. The maximum atomic E-state index is 6.36. The van der Waals surface area contributed by atoms with Crippen LogP contribution < -0.4 is 5.73 Å². The molecule has 1 rings (SSSR count). The Morgan fingerprint density at radius 3 is 2.29 bits per heavy atom. The van der Waals surface area contributed by atoms with Crippen molar-refractivity contribution in [2.24, 2.45) is 11.1 Å². The first kappa shape index (κ1) is 14.9. The third kappa shape index (κ3) is 3.67. The van der Waals surface area contributed by atoms with Crippen molar-refractivity contribution in [1.29, 1.82) is 0 Å². The van der Waals surface area contributed by atoms with Crippen LogP contribution in [0.1, 0.15) is 41.0 Å². The standard InChI is InChI=1S/C14H31N3/c1-7-12(15)13(14(3,4)5)17-9-8-16(6)11(2)10-17/h11-13H,7-10,15H2,1-6H3. The van der Waals surface area contributed by atoms with Gasteiger partial charge < -0.3 is 10.6 Å². The smallest absolute Gasteiger partial charge is 0.0296 e. The summed E-state index contributed by atoms with van der Waals surface area (Å²) in [7, 11) is 2.22. The normalized spacial score (nSPS) is 28.1. The van der Waals surface area contributed by atoms with Crippen molar-refractivity contribution in [1.82, 2.24) is 9.80 Å². The van der Waals surface area contributed by atoms with E-state index in [9.17, 15) is 0 Å². The molecule has 3 nitrogen and oxygen atoms in total. The molecule has 0 aliphatic carbocycles. The van der Waals surface area contributed by atoms with Gasteiger partial charge in [-0.1, -0.05) is 27.7 Å². The molecule has 0 bridgehead atoms. The summed E-state index contributed by atoms with van der Waals surface area (Å²) in [6.45, 7) is 14.9. The highest BCUT2D eigenvalue weighted by Crippen LogP contribution is 2.29. The molecule has 0 aromatic rings. The summed E-state index contributed by atoms with van der Waals surface area (Å²) in [6.07, 6.45) is 1.06. The Kier molecular flexibility index (Phi) is 4.99. The largest absolute Gasteiger partial charge is 0.326 e. The number of nitrogens with zero attached hydrogens (tertiary/aromatic N) is 2. The zero-order chi connectivity index (χ0) is 13.2. The van der Waals surface area contributed by atoms with Gasteiger partial charge in [0.15, 0.2) is 0 Å². The van der Waals surface area contributed by atoms with Gasteiger partial charge in [-0.2, -0.15) is 0 Å². The average molecular weight is 241 g/mol. The van der Waals surface area contributed by atoms with Crippen molar-refractivity contribution in [3.63, 3.8) is 0 Å². The Morgan fingerprint density at radius 2 is 1.88 bits per heavy atom. The summed E-state index contributed by atoms with van der Waals surface area (Å²) in [5.41, 5.74) is 6.61. The zero-order valence-corrected chi connectivity index (χ0v) is 12.5. The first-order chi connectivity index (χ1) is 7.77. The van der Waals surface area contributed by atoms with Crippen LogP contribution in [0, 0.1) is 5.41 Å². The molecule has 0 radical (unpaired) electrons. The predicted octanol–water partition coefficient (Wildman–Crippen LogP) is 1.77. The summed E-state index contributed by atoms with van der Waals surface area (Å²) < 4.78 is 0. The van der Waals surface area contributed by atoms with Gasteiger partial charge in [-0.05, 0) is 25.8 Å². The number of nitrogens with two attached hydrogens (primary N) is 1. The zero-order valence-electron chi connectivity index (χ0n) is 12.5. The molecule has 17 heavy (non-hydrogen) atoms. The van der Waals surface area contributed by atoms with E-state index in [4.69, 9.17) is 5.73 Å². The van der Waals surface area contributed by atoms with Crippen LogP contribution >= 0.6 is 0 Å². The Hall–Kier alpha value is -0.120. The SMILES string of the molecule is CCC(N)C(N1CCN(C)C(C)C1)C(C)(C)C. The van der Waals surface area contributed by atoms with Gasteiger partial charge in [-0.15, -0.1) is 0 Å². The lowest BCUT2D eigenvalue weighted by atomic mass is 9.80. The summed E-state index contributed by atoms with van der Waals surface area (Å²) >= 11 is 0. The second kappa shape index (κ2) is 5.68. The molecule has 3 unspecified atom stereocenters. The van der Waals surface area contributed by atoms with Crippen LogP contribution in [-0.4, -0.2) is 54.6 Å². The summed E-state index contributed by atoms with van der Waals surface area (Å²) in [4.78, 5) is 5.05. The second-order valence-electron chi connectivity index (χ2n) is 6.71. The molecule has 0 saturated carbocycles. The maximum Gasteiger partial charge on any atom is 0.0296 e. The van der Waals surface area contributed by atoms with Crippen LogP contribution in [0.25, 0.3) is 0 Å². The van der Waals surface area contributed by atoms with Crippen LogP contribution in [0.4, 0.5) is 0 Å². The van der Waals surface area contributed by atoms with E-state index < -0.39 is 0 Å². The highest BCUT2D eigenvalue weighted by molar-refractivity contribution is 4.93. The van der Waals surface area contributed by atoms with Crippen molar-refractivity contribution >= 4 is 0 Å². The molecule has 1 aliphatic heterocycles. The highest BCUT2D eigenvalue weighted by atomic mass is 15.3. The van der Waals surface area contributed by atoms with Crippen molar-refractivity contribution in [3.05, 3.63) is 0 Å². The Balaban J connectivity index is 2.78. The van der Waals surface area contributed by atoms with E-state index in [0.717, 1.165) is 26.1 Å². The third-order valence-corrected chi connectivity index (χ3v) is 4.15. The summed E-state index contributed by atoms with van der Waals surface area (Å²) in [6, 6.07) is 1.41. The molecule has 0 spiro atoms. The quantitative estimate of drug-likeness (QED) is 0.817. The average Bonchev–Trinajstić information content (AvgIpc) is 2.21. The van der Waals surface area contributed by atoms with E-state index in [1.165, 1.54) is 0 Å². The van der Waals surface area contributed by atoms with E-state index in [1.807, 2.05) is 0 Å². The molecule has 1 fully saturated rings. The van der Waals surface area contributed by atoms with Gasteiger partial charge in [-0.25, -0.2) is 0 Å². The van der Waals surface area contributed by atoms with Crippen LogP contribution in [0.5, 0.6) is 0 Å². The van der Waals surface area contributed by atoms with Crippen LogP contribution in [0.15, 0.2) is 0 Å². The number of likely N-dealkylation sites (N-methyl/N-ethyl adjacent to an activating group) is 1. The number of hydrogen-bond acceptors (Lipinski definition) is 3. The minimum absolute atomic E-state index is 0.255.